The minimum absolute atomic E-state index is 0.108. The molecule has 0 bridgehead atoms. The van der Waals surface area contributed by atoms with Gasteiger partial charge in [-0.15, -0.1) is 10.2 Å². The maximum absolute atomic E-state index is 5.87. The number of aromatic nitrogens is 3. The number of ether oxygens (including phenoxy) is 1. The van der Waals surface area contributed by atoms with Crippen molar-refractivity contribution in [2.75, 3.05) is 18.1 Å². The van der Waals surface area contributed by atoms with Crippen LogP contribution in [0, 0.1) is 6.92 Å². The topological polar surface area (TPSA) is 51.1 Å². The van der Waals surface area contributed by atoms with Crippen LogP contribution in [0.1, 0.15) is 39.8 Å². The number of anilines is 1. The first-order chi connectivity index (χ1) is 9.01. The highest BCUT2D eigenvalue weighted by molar-refractivity contribution is 6.29. The zero-order valence-electron chi connectivity index (χ0n) is 12.4. The molecule has 0 saturated carbocycles. The molecule has 0 saturated heterocycles. The monoisotopic (exact) mass is 286 g/mol. The van der Waals surface area contributed by atoms with Crippen molar-refractivity contribution in [3.63, 3.8) is 0 Å². The fourth-order valence-electron chi connectivity index (χ4n) is 1.88. The van der Waals surface area contributed by atoms with Crippen molar-refractivity contribution in [2.24, 2.45) is 0 Å². The molecule has 2 atom stereocenters. The van der Waals surface area contributed by atoms with Crippen LogP contribution in [0.15, 0.2) is 0 Å². The predicted molar refractivity (Wildman–Crippen MR) is 77.8 cm³/mol. The van der Waals surface area contributed by atoms with Crippen LogP contribution in [0.5, 0.6) is 0 Å². The number of rotatable bonds is 7. The van der Waals surface area contributed by atoms with Crippen molar-refractivity contribution in [2.45, 2.75) is 53.2 Å². The Kier molecular flexibility index (Phi) is 6.45. The summed E-state index contributed by atoms with van der Waals surface area (Å²) >= 11 is 5.87. The Morgan fingerprint density at radius 1 is 1.26 bits per heavy atom. The van der Waals surface area contributed by atoms with Crippen LogP contribution in [0.25, 0.3) is 0 Å². The fourth-order valence-corrected chi connectivity index (χ4v) is 1.96. The van der Waals surface area contributed by atoms with E-state index in [1.807, 2.05) is 13.8 Å². The minimum atomic E-state index is 0.108. The van der Waals surface area contributed by atoms with Crippen LogP contribution in [-0.4, -0.2) is 40.5 Å². The molecule has 19 heavy (non-hydrogen) atoms. The molecular weight excluding hydrogens is 264 g/mol. The van der Waals surface area contributed by atoms with Gasteiger partial charge in [0.25, 0.3) is 0 Å². The summed E-state index contributed by atoms with van der Waals surface area (Å²) in [7, 11) is 0. The van der Waals surface area contributed by atoms with Gasteiger partial charge < -0.3 is 9.64 Å². The zero-order chi connectivity index (χ0) is 14.4. The minimum Gasteiger partial charge on any atom is -0.377 e. The first-order valence-electron chi connectivity index (χ1n) is 6.76. The summed E-state index contributed by atoms with van der Waals surface area (Å²) in [5, 5.41) is 8.39. The maximum atomic E-state index is 5.87. The molecule has 0 aliphatic heterocycles. The Hall–Kier alpha value is -0.940. The molecule has 0 amide bonds. The largest absolute Gasteiger partial charge is 0.377 e. The first kappa shape index (κ1) is 16.1. The van der Waals surface area contributed by atoms with E-state index in [4.69, 9.17) is 16.3 Å². The average Bonchev–Trinajstić information content (AvgIpc) is 2.39. The van der Waals surface area contributed by atoms with Crippen LogP contribution in [0.2, 0.25) is 5.15 Å². The molecule has 108 valence electrons. The van der Waals surface area contributed by atoms with Crippen molar-refractivity contribution >= 4 is 17.5 Å². The molecule has 0 fully saturated rings. The molecule has 0 aliphatic carbocycles. The third kappa shape index (κ3) is 4.28. The Labute approximate surface area is 120 Å². The molecule has 1 aromatic rings. The third-order valence-electron chi connectivity index (χ3n) is 3.12. The maximum Gasteiger partial charge on any atom is 0.246 e. The lowest BCUT2D eigenvalue weighted by atomic mass is 10.1. The molecule has 1 aromatic heterocycles. The Balaban J connectivity index is 2.95. The van der Waals surface area contributed by atoms with E-state index in [0.717, 1.165) is 13.0 Å². The number of hydrogen-bond donors (Lipinski definition) is 0. The van der Waals surface area contributed by atoms with E-state index in [-0.39, 0.29) is 12.1 Å². The molecule has 0 unspecified atom stereocenters. The fraction of sp³-hybridized carbons (Fsp3) is 0.769. The summed E-state index contributed by atoms with van der Waals surface area (Å²) in [6, 6.07) is 0.183. The van der Waals surface area contributed by atoms with E-state index in [1.165, 1.54) is 0 Å². The van der Waals surface area contributed by atoms with Crippen LogP contribution in [0.3, 0.4) is 0 Å². The van der Waals surface area contributed by atoms with Crippen molar-refractivity contribution in [3.8, 4) is 0 Å². The highest BCUT2D eigenvalue weighted by Crippen LogP contribution is 2.17. The molecule has 1 heterocycles. The Morgan fingerprint density at radius 3 is 2.47 bits per heavy atom. The molecule has 0 radical (unpaired) electrons. The molecule has 0 aliphatic rings. The van der Waals surface area contributed by atoms with Gasteiger partial charge in [0.2, 0.25) is 5.95 Å². The lowest BCUT2D eigenvalue weighted by molar-refractivity contribution is 0.0591. The molecule has 5 nitrogen and oxygen atoms in total. The molecule has 1 rings (SSSR count). The van der Waals surface area contributed by atoms with Crippen LogP contribution >= 0.6 is 11.6 Å². The standard InChI is InChI=1S/C13H23ClN4O/c1-6-8-18(10(4)11(5)19-7-2)13-15-9(3)12(14)16-17-13/h10-11H,6-8H2,1-5H3/t10-,11-/m0/s1. The van der Waals surface area contributed by atoms with E-state index in [2.05, 4.69) is 40.9 Å². The van der Waals surface area contributed by atoms with E-state index in [9.17, 15) is 0 Å². The first-order valence-corrected chi connectivity index (χ1v) is 7.14. The SMILES string of the molecule is CCCN(c1nnc(Cl)c(C)n1)[C@@H](C)[C@H](C)OCC. The lowest BCUT2D eigenvalue weighted by Gasteiger charge is -2.32. The van der Waals surface area contributed by atoms with Gasteiger partial charge in [0.15, 0.2) is 5.15 Å². The van der Waals surface area contributed by atoms with Crippen LogP contribution in [0.4, 0.5) is 5.95 Å². The number of nitrogens with zero attached hydrogens (tertiary/aromatic N) is 4. The van der Waals surface area contributed by atoms with Crippen molar-refractivity contribution in [3.05, 3.63) is 10.8 Å². The van der Waals surface area contributed by atoms with Crippen LogP contribution in [-0.2, 0) is 4.74 Å². The normalized spacial score (nSPS) is 14.2. The Morgan fingerprint density at radius 2 is 1.95 bits per heavy atom. The van der Waals surface area contributed by atoms with Crippen molar-refractivity contribution < 1.29 is 4.74 Å². The summed E-state index contributed by atoms with van der Waals surface area (Å²) in [4.78, 5) is 6.54. The third-order valence-corrected chi connectivity index (χ3v) is 3.46. The summed E-state index contributed by atoms with van der Waals surface area (Å²) in [5.74, 6) is 0.614. The van der Waals surface area contributed by atoms with Gasteiger partial charge in [-0.05, 0) is 34.1 Å². The van der Waals surface area contributed by atoms with Gasteiger partial charge in [0.1, 0.15) is 0 Å². The predicted octanol–water partition coefficient (Wildman–Crippen LogP) is 2.86. The van der Waals surface area contributed by atoms with E-state index in [0.29, 0.717) is 23.4 Å². The van der Waals surface area contributed by atoms with Crippen molar-refractivity contribution in [1.29, 1.82) is 0 Å². The summed E-state index contributed by atoms with van der Waals surface area (Å²) < 4.78 is 5.66. The smallest absolute Gasteiger partial charge is 0.246 e. The Bertz CT molecular complexity index is 402. The highest BCUT2D eigenvalue weighted by Gasteiger charge is 2.23. The van der Waals surface area contributed by atoms with Crippen molar-refractivity contribution in [1.82, 2.24) is 15.2 Å². The average molecular weight is 287 g/mol. The van der Waals surface area contributed by atoms with Gasteiger partial charge >= 0.3 is 0 Å². The van der Waals surface area contributed by atoms with Gasteiger partial charge in [-0.3, -0.25) is 0 Å². The van der Waals surface area contributed by atoms with Gasteiger partial charge in [-0.25, -0.2) is 4.98 Å². The quantitative estimate of drug-likeness (QED) is 0.771. The molecule has 0 N–H and O–H groups in total. The molecule has 0 spiro atoms. The zero-order valence-corrected chi connectivity index (χ0v) is 13.1. The van der Waals surface area contributed by atoms with Crippen LogP contribution < -0.4 is 4.90 Å². The number of hydrogen-bond acceptors (Lipinski definition) is 5. The number of halogens is 1. The lowest BCUT2D eigenvalue weighted by Crippen LogP contribution is -2.43. The second-order valence-electron chi connectivity index (χ2n) is 4.58. The summed E-state index contributed by atoms with van der Waals surface area (Å²) in [5.41, 5.74) is 0.698. The van der Waals surface area contributed by atoms with Gasteiger partial charge in [-0.2, -0.15) is 0 Å². The van der Waals surface area contributed by atoms with E-state index in [1.54, 1.807) is 0 Å². The van der Waals surface area contributed by atoms with Gasteiger partial charge in [-0.1, -0.05) is 18.5 Å². The number of aryl methyl sites for hydroxylation is 1. The van der Waals surface area contributed by atoms with E-state index >= 15 is 0 Å². The molecular formula is C13H23ClN4O. The molecule has 0 aromatic carbocycles. The molecule has 6 heteroatoms. The summed E-state index contributed by atoms with van der Waals surface area (Å²) in [6.07, 6.45) is 1.12. The van der Waals surface area contributed by atoms with Gasteiger partial charge in [0, 0.05) is 13.2 Å². The highest BCUT2D eigenvalue weighted by atomic mass is 35.5. The second-order valence-corrected chi connectivity index (χ2v) is 4.94. The van der Waals surface area contributed by atoms with Gasteiger partial charge in [0.05, 0.1) is 17.8 Å². The van der Waals surface area contributed by atoms with E-state index < -0.39 is 0 Å². The summed E-state index contributed by atoms with van der Waals surface area (Å²) in [6.45, 7) is 11.7. The second kappa shape index (κ2) is 7.60.